The molecule has 6 nitrogen and oxygen atoms in total. The Kier molecular flexibility index (Phi) is 7.88. The first kappa shape index (κ1) is 22.1. The van der Waals surface area contributed by atoms with E-state index in [2.05, 4.69) is 20.4 Å². The van der Waals surface area contributed by atoms with Crippen molar-refractivity contribution in [2.45, 2.75) is 19.7 Å². The normalized spacial score (nSPS) is 11.3. The molecule has 0 saturated carbocycles. The Bertz CT molecular complexity index is 855. The van der Waals surface area contributed by atoms with Crippen LogP contribution in [0, 0.1) is 5.82 Å². The lowest BCUT2D eigenvalue weighted by Gasteiger charge is -2.15. The fourth-order valence-electron chi connectivity index (χ4n) is 2.52. The Balaban J connectivity index is 1.96. The van der Waals surface area contributed by atoms with Gasteiger partial charge in [0.2, 0.25) is 0 Å². The van der Waals surface area contributed by atoms with Crippen LogP contribution < -0.4 is 15.4 Å². The summed E-state index contributed by atoms with van der Waals surface area (Å²) in [5.74, 6) is -0.630. The van der Waals surface area contributed by atoms with E-state index in [1.807, 2.05) is 12.1 Å². The van der Waals surface area contributed by atoms with Gasteiger partial charge >= 0.3 is 6.61 Å². The van der Waals surface area contributed by atoms with Gasteiger partial charge in [-0.25, -0.2) is 4.39 Å². The quantitative estimate of drug-likeness (QED) is 0.546. The van der Waals surface area contributed by atoms with E-state index in [1.54, 1.807) is 26.2 Å². The molecule has 2 rings (SSSR count). The summed E-state index contributed by atoms with van der Waals surface area (Å²) in [4.78, 5) is 17.4. The van der Waals surface area contributed by atoms with E-state index in [4.69, 9.17) is 0 Å². The number of aliphatic imine (C=N–C) groups is 1. The number of alkyl halides is 2. The summed E-state index contributed by atoms with van der Waals surface area (Å²) >= 11 is 0. The number of carbonyl (C=O) groups excluding carboxylic acids is 1. The van der Waals surface area contributed by atoms with Gasteiger partial charge in [-0.05, 0) is 29.8 Å². The van der Waals surface area contributed by atoms with E-state index in [9.17, 15) is 18.0 Å². The molecule has 2 aromatic carbocycles. The molecule has 2 N–H and O–H groups in total. The zero-order valence-electron chi connectivity index (χ0n) is 16.4. The average Bonchev–Trinajstić information content (AvgIpc) is 2.69. The number of carbonyl (C=O) groups is 1. The van der Waals surface area contributed by atoms with Gasteiger partial charge in [-0.2, -0.15) is 8.78 Å². The number of hydrogen-bond donors (Lipinski definition) is 2. The highest BCUT2D eigenvalue weighted by Crippen LogP contribution is 2.23. The average molecular weight is 408 g/mol. The van der Waals surface area contributed by atoms with Crippen LogP contribution in [0.15, 0.2) is 47.5 Å². The largest absolute Gasteiger partial charge is 0.434 e. The van der Waals surface area contributed by atoms with Crippen LogP contribution in [0.3, 0.4) is 0 Å². The Hall–Kier alpha value is -3.23. The molecule has 0 heterocycles. The highest BCUT2D eigenvalue weighted by atomic mass is 19.3. The summed E-state index contributed by atoms with van der Waals surface area (Å²) in [5, 5.41) is 5.91. The second kappa shape index (κ2) is 10.4. The number of ether oxygens (including phenoxy) is 1. The predicted molar refractivity (Wildman–Crippen MR) is 105 cm³/mol. The Morgan fingerprint density at radius 1 is 1.10 bits per heavy atom. The second-order valence-electron chi connectivity index (χ2n) is 6.27. The summed E-state index contributed by atoms with van der Waals surface area (Å²) in [7, 11) is 4.90. The molecule has 0 fully saturated rings. The fourth-order valence-corrected chi connectivity index (χ4v) is 2.52. The molecule has 0 bridgehead atoms. The van der Waals surface area contributed by atoms with Crippen molar-refractivity contribution < 1.29 is 22.7 Å². The van der Waals surface area contributed by atoms with Crippen LogP contribution >= 0.6 is 0 Å². The number of hydrogen-bond acceptors (Lipinski definition) is 3. The highest BCUT2D eigenvalue weighted by Gasteiger charge is 2.14. The van der Waals surface area contributed by atoms with E-state index in [1.165, 1.54) is 30.1 Å². The topological polar surface area (TPSA) is 66.0 Å². The van der Waals surface area contributed by atoms with Crippen molar-refractivity contribution in [1.29, 1.82) is 0 Å². The molecule has 29 heavy (non-hydrogen) atoms. The van der Waals surface area contributed by atoms with Crippen LogP contribution in [-0.2, 0) is 13.1 Å². The first-order valence-corrected chi connectivity index (χ1v) is 8.79. The maximum absolute atomic E-state index is 14.0. The van der Waals surface area contributed by atoms with Crippen LogP contribution in [0.5, 0.6) is 5.75 Å². The van der Waals surface area contributed by atoms with Gasteiger partial charge < -0.3 is 20.3 Å². The minimum atomic E-state index is -3.05. The van der Waals surface area contributed by atoms with E-state index in [0.29, 0.717) is 18.1 Å². The van der Waals surface area contributed by atoms with Gasteiger partial charge in [0.1, 0.15) is 11.6 Å². The Morgan fingerprint density at radius 3 is 2.34 bits per heavy atom. The molecule has 0 radical (unpaired) electrons. The smallest absolute Gasteiger partial charge is 0.387 e. The third-order valence-corrected chi connectivity index (χ3v) is 4.02. The number of guanidine groups is 1. The number of rotatable bonds is 7. The molecule has 0 saturated heterocycles. The van der Waals surface area contributed by atoms with Crippen molar-refractivity contribution in [1.82, 2.24) is 15.5 Å². The maximum Gasteiger partial charge on any atom is 0.387 e. The molecule has 0 aliphatic heterocycles. The minimum Gasteiger partial charge on any atom is -0.434 e. The molecule has 1 amide bonds. The summed E-state index contributed by atoms with van der Waals surface area (Å²) in [6, 6.07) is 10.8. The van der Waals surface area contributed by atoms with Gasteiger partial charge in [0, 0.05) is 45.4 Å². The van der Waals surface area contributed by atoms with Gasteiger partial charge in [-0.1, -0.05) is 18.2 Å². The van der Waals surface area contributed by atoms with Crippen molar-refractivity contribution in [2.75, 3.05) is 21.1 Å². The van der Waals surface area contributed by atoms with Crippen molar-refractivity contribution in [2.24, 2.45) is 4.99 Å². The second-order valence-corrected chi connectivity index (χ2v) is 6.27. The number of halogens is 3. The molecule has 2 aromatic rings. The van der Waals surface area contributed by atoms with Crippen molar-refractivity contribution in [3.8, 4) is 5.75 Å². The minimum absolute atomic E-state index is 0.0256. The number of nitrogens with zero attached hydrogens (tertiary/aromatic N) is 2. The lowest BCUT2D eigenvalue weighted by molar-refractivity contribution is -0.0506. The van der Waals surface area contributed by atoms with Crippen molar-refractivity contribution in [3.63, 3.8) is 0 Å². The Labute approximate surface area is 167 Å². The first-order chi connectivity index (χ1) is 13.8. The van der Waals surface area contributed by atoms with Crippen LogP contribution in [0.4, 0.5) is 13.2 Å². The van der Waals surface area contributed by atoms with Gasteiger partial charge in [0.25, 0.3) is 5.91 Å². The van der Waals surface area contributed by atoms with Crippen LogP contribution in [0.2, 0.25) is 0 Å². The molecule has 0 unspecified atom stereocenters. The third kappa shape index (κ3) is 6.41. The molecular weight excluding hydrogens is 385 g/mol. The molecule has 0 atom stereocenters. The lowest BCUT2D eigenvalue weighted by Crippen LogP contribution is -2.36. The van der Waals surface area contributed by atoms with Crippen LogP contribution in [0.1, 0.15) is 21.5 Å². The zero-order chi connectivity index (χ0) is 21.4. The number of benzene rings is 2. The summed E-state index contributed by atoms with van der Waals surface area (Å²) < 4.78 is 43.4. The number of amides is 1. The van der Waals surface area contributed by atoms with Gasteiger partial charge in [-0.3, -0.25) is 9.79 Å². The SMILES string of the molecule is CN=C(NCc1ccc(C(=O)N(C)C)cc1)NCc1c(F)cccc1OC(F)F. The van der Waals surface area contributed by atoms with E-state index in [-0.39, 0.29) is 23.8 Å². The van der Waals surface area contributed by atoms with E-state index in [0.717, 1.165) is 5.56 Å². The molecule has 0 aliphatic rings. The standard InChI is InChI=1S/C20H23F3N4O2/c1-24-20(25-11-13-7-9-14(10-8-13)18(28)27(2)3)26-12-15-16(21)5-4-6-17(15)29-19(22)23/h4-10,19H,11-12H2,1-3H3,(H2,24,25,26). The Morgan fingerprint density at radius 2 is 1.76 bits per heavy atom. The number of nitrogens with one attached hydrogen (secondary N) is 2. The van der Waals surface area contributed by atoms with Crippen molar-refractivity contribution in [3.05, 3.63) is 65.0 Å². The molecular formula is C20H23F3N4O2. The van der Waals surface area contributed by atoms with Gasteiger partial charge in [-0.15, -0.1) is 0 Å². The van der Waals surface area contributed by atoms with Gasteiger partial charge in [0.15, 0.2) is 5.96 Å². The van der Waals surface area contributed by atoms with Gasteiger partial charge in [0.05, 0.1) is 0 Å². The summed E-state index contributed by atoms with van der Waals surface area (Å²) in [6.07, 6.45) is 0. The summed E-state index contributed by atoms with van der Waals surface area (Å²) in [5.41, 5.74) is 1.45. The zero-order valence-corrected chi connectivity index (χ0v) is 16.4. The lowest BCUT2D eigenvalue weighted by atomic mass is 10.1. The molecule has 156 valence electrons. The third-order valence-electron chi connectivity index (χ3n) is 4.02. The van der Waals surface area contributed by atoms with Crippen LogP contribution in [-0.4, -0.2) is 44.5 Å². The molecule has 0 spiro atoms. The molecule has 0 aliphatic carbocycles. The predicted octanol–water partition coefficient (Wildman–Crippen LogP) is 2.99. The monoisotopic (exact) mass is 408 g/mol. The fraction of sp³-hybridized carbons (Fsp3) is 0.300. The molecule has 0 aromatic heterocycles. The van der Waals surface area contributed by atoms with E-state index < -0.39 is 12.4 Å². The summed E-state index contributed by atoms with van der Waals surface area (Å²) in [6.45, 7) is -2.74. The first-order valence-electron chi connectivity index (χ1n) is 8.79. The van der Waals surface area contributed by atoms with Crippen LogP contribution in [0.25, 0.3) is 0 Å². The van der Waals surface area contributed by atoms with E-state index >= 15 is 0 Å². The highest BCUT2D eigenvalue weighted by molar-refractivity contribution is 5.93. The molecule has 9 heteroatoms. The maximum atomic E-state index is 14.0. The van der Waals surface area contributed by atoms with Crippen molar-refractivity contribution >= 4 is 11.9 Å².